The fourth-order valence-corrected chi connectivity index (χ4v) is 3.47. The highest BCUT2D eigenvalue weighted by Crippen LogP contribution is 2.34. The Morgan fingerprint density at radius 2 is 1.93 bits per heavy atom. The summed E-state index contributed by atoms with van der Waals surface area (Å²) in [5.74, 6) is 0.699. The van der Waals surface area contributed by atoms with E-state index in [0.29, 0.717) is 23.7 Å². The molecular formula is C23H24N2O5. The third-order valence-electron chi connectivity index (χ3n) is 5.05. The Hall–Kier alpha value is -3.32. The standard InChI is InChI=1S/C23H24N2O5/c1-27-20-11-10-16(13-21(20)28-2)19-14-25(17-7-4-3-5-8-17)24-22(19)23(26)30-15-18-9-6-12-29-18/h3-5,7-8,10-11,13-14,18H,6,9,12,15H2,1-2H3. The lowest BCUT2D eigenvalue weighted by Gasteiger charge is -2.11. The van der Waals surface area contributed by atoms with Crippen LogP contribution in [0.25, 0.3) is 16.8 Å². The lowest BCUT2D eigenvalue weighted by atomic mass is 10.1. The second-order valence-corrected chi connectivity index (χ2v) is 6.97. The molecule has 7 heteroatoms. The summed E-state index contributed by atoms with van der Waals surface area (Å²) in [6.07, 6.45) is 3.66. The van der Waals surface area contributed by atoms with Crippen molar-refractivity contribution in [3.8, 4) is 28.3 Å². The van der Waals surface area contributed by atoms with Gasteiger partial charge in [-0.05, 0) is 42.7 Å². The average molecular weight is 408 g/mol. The van der Waals surface area contributed by atoms with Gasteiger partial charge in [0.1, 0.15) is 6.61 Å². The Kier molecular flexibility index (Phi) is 5.99. The van der Waals surface area contributed by atoms with Crippen molar-refractivity contribution >= 4 is 5.97 Å². The van der Waals surface area contributed by atoms with Gasteiger partial charge in [-0.2, -0.15) is 5.10 Å². The molecule has 2 heterocycles. The van der Waals surface area contributed by atoms with E-state index >= 15 is 0 Å². The maximum absolute atomic E-state index is 12.9. The number of nitrogens with zero attached hydrogens (tertiary/aromatic N) is 2. The van der Waals surface area contributed by atoms with Crippen molar-refractivity contribution in [1.29, 1.82) is 0 Å². The van der Waals surface area contributed by atoms with E-state index in [2.05, 4.69) is 5.10 Å². The molecule has 3 aromatic rings. The maximum atomic E-state index is 12.9. The molecule has 7 nitrogen and oxygen atoms in total. The van der Waals surface area contributed by atoms with Crippen molar-refractivity contribution in [3.63, 3.8) is 0 Å². The second-order valence-electron chi connectivity index (χ2n) is 6.97. The van der Waals surface area contributed by atoms with Gasteiger partial charge in [0.2, 0.25) is 0 Å². The van der Waals surface area contributed by atoms with Gasteiger partial charge >= 0.3 is 5.97 Å². The number of rotatable bonds is 7. The lowest BCUT2D eigenvalue weighted by Crippen LogP contribution is -2.18. The van der Waals surface area contributed by atoms with Crippen molar-refractivity contribution in [1.82, 2.24) is 9.78 Å². The average Bonchev–Trinajstić information content (AvgIpc) is 3.48. The van der Waals surface area contributed by atoms with E-state index < -0.39 is 5.97 Å². The van der Waals surface area contributed by atoms with E-state index in [-0.39, 0.29) is 18.4 Å². The fourth-order valence-electron chi connectivity index (χ4n) is 3.47. The second kappa shape index (κ2) is 9.00. The molecule has 1 fully saturated rings. The third-order valence-corrected chi connectivity index (χ3v) is 5.05. The highest BCUT2D eigenvalue weighted by atomic mass is 16.6. The normalized spacial score (nSPS) is 15.7. The molecule has 1 atom stereocenters. The number of carbonyl (C=O) groups is 1. The summed E-state index contributed by atoms with van der Waals surface area (Å²) in [7, 11) is 3.16. The number of para-hydroxylation sites is 1. The number of ether oxygens (including phenoxy) is 4. The summed E-state index contributed by atoms with van der Waals surface area (Å²) < 4.78 is 23.5. The SMILES string of the molecule is COc1ccc(-c2cn(-c3ccccc3)nc2C(=O)OCC2CCCO2)cc1OC. The Labute approximate surface area is 175 Å². The van der Waals surface area contributed by atoms with Crippen molar-refractivity contribution in [2.45, 2.75) is 18.9 Å². The number of aromatic nitrogens is 2. The highest BCUT2D eigenvalue weighted by Gasteiger charge is 2.24. The summed E-state index contributed by atoms with van der Waals surface area (Å²) in [4.78, 5) is 12.9. The molecule has 1 aliphatic rings. The van der Waals surface area contributed by atoms with Crippen molar-refractivity contribution in [2.24, 2.45) is 0 Å². The molecule has 0 spiro atoms. The minimum atomic E-state index is -0.482. The minimum Gasteiger partial charge on any atom is -0.493 e. The molecule has 0 amide bonds. The molecule has 1 unspecified atom stereocenters. The molecule has 1 saturated heterocycles. The Balaban J connectivity index is 1.70. The smallest absolute Gasteiger partial charge is 0.359 e. The molecule has 0 N–H and O–H groups in total. The number of esters is 1. The Bertz CT molecular complexity index is 1010. The van der Waals surface area contributed by atoms with E-state index in [9.17, 15) is 4.79 Å². The molecule has 1 aromatic heterocycles. The number of carbonyl (C=O) groups excluding carboxylic acids is 1. The molecule has 0 saturated carbocycles. The largest absolute Gasteiger partial charge is 0.493 e. The molecule has 0 aliphatic carbocycles. The van der Waals surface area contributed by atoms with Crippen LogP contribution in [0.3, 0.4) is 0 Å². The predicted molar refractivity (Wildman–Crippen MR) is 111 cm³/mol. The van der Waals surface area contributed by atoms with Gasteiger partial charge in [-0.1, -0.05) is 24.3 Å². The van der Waals surface area contributed by atoms with Gasteiger partial charge in [-0.3, -0.25) is 0 Å². The van der Waals surface area contributed by atoms with E-state index in [0.717, 1.165) is 24.1 Å². The van der Waals surface area contributed by atoms with Gasteiger partial charge in [0.15, 0.2) is 17.2 Å². The van der Waals surface area contributed by atoms with Crippen LogP contribution < -0.4 is 9.47 Å². The summed E-state index contributed by atoms with van der Waals surface area (Å²) >= 11 is 0. The van der Waals surface area contributed by atoms with Crippen LogP contribution in [-0.2, 0) is 9.47 Å². The first-order chi connectivity index (χ1) is 14.7. The maximum Gasteiger partial charge on any atom is 0.359 e. The van der Waals surface area contributed by atoms with Gasteiger partial charge in [0, 0.05) is 18.4 Å². The summed E-state index contributed by atoms with van der Waals surface area (Å²) in [6, 6.07) is 15.1. The van der Waals surface area contributed by atoms with Crippen LogP contribution in [0, 0.1) is 0 Å². The lowest BCUT2D eigenvalue weighted by molar-refractivity contribution is 0.0156. The van der Waals surface area contributed by atoms with Crippen molar-refractivity contribution in [2.75, 3.05) is 27.4 Å². The number of hydrogen-bond donors (Lipinski definition) is 0. The number of benzene rings is 2. The summed E-state index contributed by atoms with van der Waals surface area (Å²) in [5, 5.41) is 4.53. The number of methoxy groups -OCH3 is 2. The minimum absolute atomic E-state index is 0.0466. The van der Waals surface area contributed by atoms with Gasteiger partial charge in [0.25, 0.3) is 0 Å². The monoisotopic (exact) mass is 408 g/mol. The zero-order valence-corrected chi connectivity index (χ0v) is 17.0. The molecule has 4 rings (SSSR count). The van der Waals surface area contributed by atoms with Crippen LogP contribution in [0.4, 0.5) is 0 Å². The molecule has 0 bridgehead atoms. The molecule has 0 radical (unpaired) electrons. The summed E-state index contributed by atoms with van der Waals surface area (Å²) in [6.45, 7) is 0.935. The first-order valence-corrected chi connectivity index (χ1v) is 9.86. The van der Waals surface area contributed by atoms with Gasteiger partial charge in [0.05, 0.1) is 26.0 Å². The third kappa shape index (κ3) is 4.16. The van der Waals surface area contributed by atoms with Gasteiger partial charge < -0.3 is 18.9 Å². The van der Waals surface area contributed by atoms with E-state index in [1.54, 1.807) is 25.0 Å². The zero-order valence-electron chi connectivity index (χ0n) is 17.0. The quantitative estimate of drug-likeness (QED) is 0.553. The predicted octanol–water partition coefficient (Wildman–Crippen LogP) is 3.89. The molecular weight excluding hydrogens is 384 g/mol. The first-order valence-electron chi connectivity index (χ1n) is 9.86. The summed E-state index contributed by atoms with van der Waals surface area (Å²) in [5.41, 5.74) is 2.51. The number of hydrogen-bond acceptors (Lipinski definition) is 6. The van der Waals surface area contributed by atoms with E-state index in [4.69, 9.17) is 18.9 Å². The molecule has 1 aliphatic heterocycles. The van der Waals surface area contributed by atoms with Gasteiger partial charge in [-0.25, -0.2) is 9.48 Å². The van der Waals surface area contributed by atoms with Crippen LogP contribution in [0.1, 0.15) is 23.3 Å². The molecule has 30 heavy (non-hydrogen) atoms. The van der Waals surface area contributed by atoms with Crippen molar-refractivity contribution in [3.05, 3.63) is 60.4 Å². The topological polar surface area (TPSA) is 71.8 Å². The van der Waals surface area contributed by atoms with E-state index in [1.165, 1.54) is 0 Å². The van der Waals surface area contributed by atoms with Crippen LogP contribution in [0.5, 0.6) is 11.5 Å². The van der Waals surface area contributed by atoms with Crippen LogP contribution in [0.2, 0.25) is 0 Å². The molecule has 156 valence electrons. The zero-order chi connectivity index (χ0) is 20.9. The van der Waals surface area contributed by atoms with Crippen LogP contribution in [-0.4, -0.2) is 49.3 Å². The molecule has 2 aromatic carbocycles. The Morgan fingerprint density at radius 3 is 2.63 bits per heavy atom. The van der Waals surface area contributed by atoms with Crippen LogP contribution >= 0.6 is 0 Å². The van der Waals surface area contributed by atoms with Crippen LogP contribution in [0.15, 0.2) is 54.7 Å². The van der Waals surface area contributed by atoms with Crippen molar-refractivity contribution < 1.29 is 23.7 Å². The first kappa shape index (κ1) is 20.0. The highest BCUT2D eigenvalue weighted by molar-refractivity contribution is 5.95. The van der Waals surface area contributed by atoms with E-state index in [1.807, 2.05) is 48.7 Å². The Morgan fingerprint density at radius 1 is 1.13 bits per heavy atom. The van der Waals surface area contributed by atoms with Gasteiger partial charge in [-0.15, -0.1) is 0 Å². The fraction of sp³-hybridized carbons (Fsp3) is 0.304.